The molecule has 2 aromatic heterocycles. The third kappa shape index (κ3) is 3.29. The zero-order valence-corrected chi connectivity index (χ0v) is 14.9. The molecule has 1 aromatic carbocycles. The van der Waals surface area contributed by atoms with Crippen LogP contribution >= 0.6 is 0 Å². The Labute approximate surface area is 153 Å². The van der Waals surface area contributed by atoms with E-state index in [2.05, 4.69) is 16.0 Å². The van der Waals surface area contributed by atoms with E-state index in [4.69, 9.17) is 4.74 Å². The number of hydrogen-bond acceptors (Lipinski definition) is 3. The number of aromatic nitrogens is 2. The number of carbonyl (C=O) groups excluding carboxylic acids is 1. The van der Waals surface area contributed by atoms with Crippen LogP contribution in [-0.4, -0.2) is 41.0 Å². The third-order valence-corrected chi connectivity index (χ3v) is 5.15. The maximum atomic E-state index is 13.1. The zero-order valence-electron chi connectivity index (χ0n) is 14.9. The number of benzene rings is 1. The molecule has 0 radical (unpaired) electrons. The predicted octanol–water partition coefficient (Wildman–Crippen LogP) is 3.67. The second kappa shape index (κ2) is 7.20. The maximum Gasteiger partial charge on any atom is 0.256 e. The van der Waals surface area contributed by atoms with Crippen molar-refractivity contribution in [2.45, 2.75) is 19.3 Å². The van der Waals surface area contributed by atoms with Gasteiger partial charge in [-0.3, -0.25) is 9.78 Å². The fraction of sp³-hybridized carbons (Fsp3) is 0.333. The summed E-state index contributed by atoms with van der Waals surface area (Å²) in [6.45, 7) is 1.60. The lowest BCUT2D eigenvalue weighted by atomic mass is 9.92. The van der Waals surface area contributed by atoms with Crippen molar-refractivity contribution >= 4 is 16.8 Å². The van der Waals surface area contributed by atoms with Crippen molar-refractivity contribution in [1.82, 2.24) is 14.9 Å². The topological polar surface area (TPSA) is 58.2 Å². The summed E-state index contributed by atoms with van der Waals surface area (Å²) in [5, 5.41) is 0.918. The van der Waals surface area contributed by atoms with E-state index in [1.807, 2.05) is 47.6 Å². The number of H-pyrrole nitrogens is 1. The van der Waals surface area contributed by atoms with Gasteiger partial charge in [0, 0.05) is 42.1 Å². The molecule has 4 rings (SSSR count). The summed E-state index contributed by atoms with van der Waals surface area (Å²) in [4.78, 5) is 22.7. The average Bonchev–Trinajstić information content (AvgIpc) is 3.11. The minimum Gasteiger partial charge on any atom is -0.497 e. The van der Waals surface area contributed by atoms with Gasteiger partial charge in [-0.1, -0.05) is 6.07 Å². The first-order chi connectivity index (χ1) is 12.7. The van der Waals surface area contributed by atoms with Crippen LogP contribution in [0.3, 0.4) is 0 Å². The van der Waals surface area contributed by atoms with Crippen LogP contribution in [0, 0.1) is 5.92 Å². The Morgan fingerprint density at radius 1 is 1.35 bits per heavy atom. The Kier molecular flexibility index (Phi) is 4.61. The Morgan fingerprint density at radius 2 is 2.27 bits per heavy atom. The number of hydrogen-bond donors (Lipinski definition) is 1. The summed E-state index contributed by atoms with van der Waals surface area (Å²) in [7, 11) is 1.64. The summed E-state index contributed by atoms with van der Waals surface area (Å²) in [6.07, 6.45) is 6.75. The van der Waals surface area contributed by atoms with E-state index in [-0.39, 0.29) is 5.91 Å². The normalized spacial score (nSPS) is 17.4. The Balaban J connectivity index is 1.52. The van der Waals surface area contributed by atoms with Gasteiger partial charge in [0.2, 0.25) is 0 Å². The number of likely N-dealkylation sites (tertiary alicyclic amines) is 1. The number of methoxy groups -OCH3 is 1. The molecule has 3 aromatic rings. The van der Waals surface area contributed by atoms with Crippen molar-refractivity contribution < 1.29 is 9.53 Å². The van der Waals surface area contributed by atoms with E-state index in [1.54, 1.807) is 7.11 Å². The van der Waals surface area contributed by atoms with Gasteiger partial charge >= 0.3 is 0 Å². The second-order valence-electron chi connectivity index (χ2n) is 6.90. The van der Waals surface area contributed by atoms with Gasteiger partial charge in [0.05, 0.1) is 12.7 Å². The van der Waals surface area contributed by atoms with Crippen molar-refractivity contribution in [3.8, 4) is 5.75 Å². The Bertz CT molecular complexity index is 904. The molecule has 0 unspecified atom stereocenters. The van der Waals surface area contributed by atoms with Crippen LogP contribution in [0.15, 0.2) is 48.8 Å². The lowest BCUT2D eigenvalue weighted by Gasteiger charge is -2.32. The lowest BCUT2D eigenvalue weighted by Crippen LogP contribution is -2.40. The molecule has 1 aliphatic heterocycles. The molecule has 5 heteroatoms. The Hall–Kier alpha value is -2.82. The number of carbonyl (C=O) groups is 1. The summed E-state index contributed by atoms with van der Waals surface area (Å²) in [5.74, 6) is 1.32. The fourth-order valence-electron chi connectivity index (χ4n) is 3.80. The molecule has 5 nitrogen and oxygen atoms in total. The Morgan fingerprint density at radius 3 is 3.08 bits per heavy atom. The monoisotopic (exact) mass is 349 g/mol. The maximum absolute atomic E-state index is 13.1. The van der Waals surface area contributed by atoms with Gasteiger partial charge in [-0.15, -0.1) is 0 Å². The number of piperidine rings is 1. The van der Waals surface area contributed by atoms with E-state index in [9.17, 15) is 4.79 Å². The third-order valence-electron chi connectivity index (χ3n) is 5.15. The van der Waals surface area contributed by atoms with Crippen molar-refractivity contribution in [3.05, 3.63) is 60.0 Å². The molecule has 0 saturated carbocycles. The molecule has 1 atom stereocenters. The minimum absolute atomic E-state index is 0.0928. The van der Waals surface area contributed by atoms with E-state index < -0.39 is 0 Å². The van der Waals surface area contributed by atoms with Gasteiger partial charge in [-0.05, 0) is 55.5 Å². The van der Waals surface area contributed by atoms with Crippen LogP contribution in [0.1, 0.15) is 28.9 Å². The molecular formula is C21H23N3O2. The number of aromatic amines is 1. The van der Waals surface area contributed by atoms with Crippen molar-refractivity contribution in [2.75, 3.05) is 20.2 Å². The van der Waals surface area contributed by atoms with Crippen LogP contribution in [0.4, 0.5) is 0 Å². The summed E-state index contributed by atoms with van der Waals surface area (Å²) >= 11 is 0. The van der Waals surface area contributed by atoms with E-state index >= 15 is 0 Å². The summed E-state index contributed by atoms with van der Waals surface area (Å²) in [6, 6.07) is 11.8. The highest BCUT2D eigenvalue weighted by molar-refractivity contribution is 6.07. The molecule has 1 amide bonds. The van der Waals surface area contributed by atoms with Crippen LogP contribution in [-0.2, 0) is 6.42 Å². The van der Waals surface area contributed by atoms with Crippen LogP contribution in [0.2, 0.25) is 0 Å². The van der Waals surface area contributed by atoms with Crippen molar-refractivity contribution in [2.24, 2.45) is 5.92 Å². The minimum atomic E-state index is 0.0928. The highest BCUT2D eigenvalue weighted by Crippen LogP contribution is 2.27. The first-order valence-electron chi connectivity index (χ1n) is 9.09. The molecule has 134 valence electrons. The summed E-state index contributed by atoms with van der Waals surface area (Å²) < 4.78 is 5.31. The highest BCUT2D eigenvalue weighted by atomic mass is 16.5. The number of pyridine rings is 1. The molecule has 0 bridgehead atoms. The standard InChI is InChI=1S/C21H23N3O2/c1-26-17-7-8-20-18(12-17)19(13-23-20)21(25)24-10-4-5-15(14-24)11-16-6-2-3-9-22-16/h2-3,6-9,12-13,15,23H,4-5,10-11,14H2,1H3/t15-/m1/s1. The molecule has 1 saturated heterocycles. The molecule has 1 aliphatic rings. The van der Waals surface area contributed by atoms with E-state index in [0.717, 1.165) is 60.3 Å². The van der Waals surface area contributed by atoms with Crippen molar-refractivity contribution in [3.63, 3.8) is 0 Å². The molecular weight excluding hydrogens is 326 g/mol. The quantitative estimate of drug-likeness (QED) is 0.782. The number of amides is 1. The molecule has 26 heavy (non-hydrogen) atoms. The summed E-state index contributed by atoms with van der Waals surface area (Å²) in [5.41, 5.74) is 2.78. The zero-order chi connectivity index (χ0) is 17.9. The van der Waals surface area contributed by atoms with E-state index in [1.165, 1.54) is 0 Å². The van der Waals surface area contributed by atoms with Gasteiger partial charge in [0.1, 0.15) is 5.75 Å². The largest absolute Gasteiger partial charge is 0.497 e. The number of rotatable bonds is 4. The molecule has 1 N–H and O–H groups in total. The molecule has 3 heterocycles. The second-order valence-corrected chi connectivity index (χ2v) is 6.90. The van der Waals surface area contributed by atoms with Crippen LogP contribution in [0.5, 0.6) is 5.75 Å². The highest BCUT2D eigenvalue weighted by Gasteiger charge is 2.26. The molecule has 0 spiro atoms. The number of nitrogens with zero attached hydrogens (tertiary/aromatic N) is 2. The predicted molar refractivity (Wildman–Crippen MR) is 101 cm³/mol. The van der Waals surface area contributed by atoms with Gasteiger partial charge in [-0.25, -0.2) is 0 Å². The average molecular weight is 349 g/mol. The molecule has 0 aliphatic carbocycles. The number of nitrogens with one attached hydrogen (secondary N) is 1. The molecule has 1 fully saturated rings. The number of fused-ring (bicyclic) bond motifs is 1. The smallest absolute Gasteiger partial charge is 0.256 e. The first kappa shape index (κ1) is 16.6. The van der Waals surface area contributed by atoms with Crippen LogP contribution in [0.25, 0.3) is 10.9 Å². The van der Waals surface area contributed by atoms with E-state index in [0.29, 0.717) is 5.92 Å². The van der Waals surface area contributed by atoms with Gasteiger partial charge < -0.3 is 14.6 Å². The fourth-order valence-corrected chi connectivity index (χ4v) is 3.80. The van der Waals surface area contributed by atoms with Gasteiger partial charge in [0.25, 0.3) is 5.91 Å². The van der Waals surface area contributed by atoms with Gasteiger partial charge in [-0.2, -0.15) is 0 Å². The van der Waals surface area contributed by atoms with Gasteiger partial charge in [0.15, 0.2) is 0 Å². The van der Waals surface area contributed by atoms with Crippen LogP contribution < -0.4 is 4.74 Å². The number of ether oxygens (including phenoxy) is 1. The van der Waals surface area contributed by atoms with Crippen molar-refractivity contribution in [1.29, 1.82) is 0 Å². The lowest BCUT2D eigenvalue weighted by molar-refractivity contribution is 0.0675. The first-order valence-corrected chi connectivity index (χ1v) is 9.09. The SMILES string of the molecule is COc1ccc2[nH]cc(C(=O)N3CCC[C@H](Cc4ccccn4)C3)c2c1.